The molecule has 0 nitrogen and oxygen atoms in total. The van der Waals surface area contributed by atoms with Crippen LogP contribution in [-0.4, -0.2) is 0 Å². The van der Waals surface area contributed by atoms with E-state index in [2.05, 4.69) is 6.92 Å². The first-order chi connectivity index (χ1) is 4.92. The number of fused-ring (bicyclic) bond motifs is 1. The Balaban J connectivity index is 2.10. The van der Waals surface area contributed by atoms with Gasteiger partial charge in [0.15, 0.2) is 0 Å². The van der Waals surface area contributed by atoms with Crippen molar-refractivity contribution in [2.24, 2.45) is 5.92 Å². The summed E-state index contributed by atoms with van der Waals surface area (Å²) < 4.78 is 0. The largest absolute Gasteiger partial charge is 0.0704 e. The van der Waals surface area contributed by atoms with Gasteiger partial charge in [-0.1, -0.05) is 24.5 Å². The van der Waals surface area contributed by atoms with E-state index in [4.69, 9.17) is 0 Å². The maximum atomic E-state index is 2.30. The van der Waals surface area contributed by atoms with Crippen molar-refractivity contribution in [3.63, 3.8) is 0 Å². The first-order valence-electron chi connectivity index (χ1n) is 4.62. The minimum absolute atomic E-state index is 1.05. The van der Waals surface area contributed by atoms with Gasteiger partial charge in [-0.3, -0.25) is 0 Å². The summed E-state index contributed by atoms with van der Waals surface area (Å²) in [5.74, 6) is 1.05. The van der Waals surface area contributed by atoms with Gasteiger partial charge in [-0.2, -0.15) is 0 Å². The Morgan fingerprint density at radius 1 is 1.40 bits per heavy atom. The van der Waals surface area contributed by atoms with Crippen LogP contribution in [0.4, 0.5) is 0 Å². The quantitative estimate of drug-likeness (QED) is 0.485. The van der Waals surface area contributed by atoms with Crippen LogP contribution >= 0.6 is 0 Å². The lowest BCUT2D eigenvalue weighted by molar-refractivity contribution is 0.391. The van der Waals surface area contributed by atoms with E-state index in [0.29, 0.717) is 0 Å². The van der Waals surface area contributed by atoms with Crippen molar-refractivity contribution < 1.29 is 0 Å². The van der Waals surface area contributed by atoms with Gasteiger partial charge in [0.25, 0.3) is 0 Å². The summed E-state index contributed by atoms with van der Waals surface area (Å²) >= 11 is 0. The molecule has 0 aromatic carbocycles. The molecule has 0 radical (unpaired) electrons. The van der Waals surface area contributed by atoms with Gasteiger partial charge < -0.3 is 0 Å². The van der Waals surface area contributed by atoms with Crippen molar-refractivity contribution in [1.82, 2.24) is 0 Å². The van der Waals surface area contributed by atoms with Gasteiger partial charge in [-0.15, -0.1) is 0 Å². The van der Waals surface area contributed by atoms with Gasteiger partial charge in [0.05, 0.1) is 0 Å². The van der Waals surface area contributed by atoms with Crippen LogP contribution in [0.25, 0.3) is 0 Å². The van der Waals surface area contributed by atoms with Gasteiger partial charge >= 0.3 is 0 Å². The first-order valence-corrected chi connectivity index (χ1v) is 4.62. The molecule has 0 saturated heterocycles. The average molecular weight is 136 g/mol. The Bertz CT molecular complexity index is 165. The molecule has 0 aliphatic heterocycles. The summed E-state index contributed by atoms with van der Waals surface area (Å²) in [5.41, 5.74) is 3.65. The first kappa shape index (κ1) is 6.45. The van der Waals surface area contributed by atoms with Crippen molar-refractivity contribution in [2.75, 3.05) is 0 Å². The van der Waals surface area contributed by atoms with Gasteiger partial charge in [-0.25, -0.2) is 0 Å². The number of rotatable bonds is 1. The fraction of sp³-hybridized carbons (Fsp3) is 0.800. The molecule has 10 heavy (non-hydrogen) atoms. The molecule has 0 amide bonds. The number of hydrogen-bond donors (Lipinski definition) is 0. The predicted octanol–water partition coefficient (Wildman–Crippen LogP) is 3.29. The molecule has 1 unspecified atom stereocenters. The molecular formula is C10H16. The third-order valence-electron chi connectivity index (χ3n) is 3.12. The van der Waals surface area contributed by atoms with E-state index in [-0.39, 0.29) is 0 Å². The molecule has 1 fully saturated rings. The SMILES string of the molecule is CCC1=C2CCCCC2C1. The summed E-state index contributed by atoms with van der Waals surface area (Å²) in [7, 11) is 0. The Labute approximate surface area is 63.3 Å². The molecule has 0 aromatic rings. The van der Waals surface area contributed by atoms with Gasteiger partial charge in [0, 0.05) is 0 Å². The van der Waals surface area contributed by atoms with E-state index < -0.39 is 0 Å². The Morgan fingerprint density at radius 3 is 3.00 bits per heavy atom. The van der Waals surface area contributed by atoms with Crippen LogP contribution in [0.2, 0.25) is 0 Å². The summed E-state index contributed by atoms with van der Waals surface area (Å²) in [4.78, 5) is 0. The monoisotopic (exact) mass is 136 g/mol. The topological polar surface area (TPSA) is 0 Å². The molecule has 2 aliphatic rings. The second-order valence-electron chi connectivity index (χ2n) is 3.63. The minimum atomic E-state index is 1.05. The molecule has 2 rings (SSSR count). The van der Waals surface area contributed by atoms with E-state index in [1.165, 1.54) is 38.5 Å². The smallest absolute Gasteiger partial charge is 0.0163 e. The van der Waals surface area contributed by atoms with Crippen molar-refractivity contribution in [2.45, 2.75) is 45.4 Å². The molecule has 1 atom stereocenters. The molecule has 0 spiro atoms. The summed E-state index contributed by atoms with van der Waals surface area (Å²) in [6.45, 7) is 2.30. The third-order valence-corrected chi connectivity index (χ3v) is 3.12. The average Bonchev–Trinajstić information content (AvgIpc) is 1.92. The molecule has 56 valence electrons. The lowest BCUT2D eigenvalue weighted by Gasteiger charge is -2.37. The predicted molar refractivity (Wildman–Crippen MR) is 43.9 cm³/mol. The van der Waals surface area contributed by atoms with Crippen LogP contribution in [0.5, 0.6) is 0 Å². The van der Waals surface area contributed by atoms with Crippen LogP contribution in [0, 0.1) is 5.92 Å². The summed E-state index contributed by atoms with van der Waals surface area (Å²) in [6.07, 6.45) is 8.67. The zero-order valence-electron chi connectivity index (χ0n) is 6.82. The highest BCUT2D eigenvalue weighted by atomic mass is 14.3. The Hall–Kier alpha value is -0.260. The highest BCUT2D eigenvalue weighted by Gasteiger charge is 2.29. The summed E-state index contributed by atoms with van der Waals surface area (Å²) in [5, 5.41) is 0. The third kappa shape index (κ3) is 0.817. The van der Waals surface area contributed by atoms with Crippen molar-refractivity contribution in [1.29, 1.82) is 0 Å². The van der Waals surface area contributed by atoms with E-state index in [9.17, 15) is 0 Å². The fourth-order valence-electron chi connectivity index (χ4n) is 2.44. The van der Waals surface area contributed by atoms with E-state index in [0.717, 1.165) is 5.92 Å². The Kier molecular flexibility index (Phi) is 1.55. The second-order valence-corrected chi connectivity index (χ2v) is 3.63. The van der Waals surface area contributed by atoms with Crippen LogP contribution in [0.15, 0.2) is 11.1 Å². The van der Waals surface area contributed by atoms with E-state index in [1.54, 1.807) is 5.57 Å². The zero-order chi connectivity index (χ0) is 6.97. The number of hydrogen-bond acceptors (Lipinski definition) is 0. The molecule has 0 heteroatoms. The maximum Gasteiger partial charge on any atom is -0.0163 e. The van der Waals surface area contributed by atoms with Crippen molar-refractivity contribution in [3.8, 4) is 0 Å². The van der Waals surface area contributed by atoms with Crippen LogP contribution in [0.1, 0.15) is 45.4 Å². The second kappa shape index (κ2) is 2.41. The molecule has 0 bridgehead atoms. The normalized spacial score (nSPS) is 31.5. The molecule has 0 heterocycles. The van der Waals surface area contributed by atoms with Crippen LogP contribution in [-0.2, 0) is 0 Å². The lowest BCUT2D eigenvalue weighted by atomic mass is 9.69. The highest BCUT2D eigenvalue weighted by molar-refractivity contribution is 5.29. The molecule has 0 N–H and O–H groups in total. The number of allylic oxidation sites excluding steroid dienone is 2. The lowest BCUT2D eigenvalue weighted by Crippen LogP contribution is -2.21. The van der Waals surface area contributed by atoms with Crippen molar-refractivity contribution in [3.05, 3.63) is 11.1 Å². The molecule has 1 saturated carbocycles. The van der Waals surface area contributed by atoms with Crippen LogP contribution < -0.4 is 0 Å². The van der Waals surface area contributed by atoms with Gasteiger partial charge in [-0.05, 0) is 38.0 Å². The van der Waals surface area contributed by atoms with E-state index >= 15 is 0 Å². The maximum absolute atomic E-state index is 2.30. The van der Waals surface area contributed by atoms with E-state index in [1.807, 2.05) is 5.57 Å². The Morgan fingerprint density at radius 2 is 2.30 bits per heavy atom. The van der Waals surface area contributed by atoms with Crippen LogP contribution in [0.3, 0.4) is 0 Å². The standard InChI is InChI=1S/C10H16/c1-2-8-7-9-5-3-4-6-10(8)9/h9H,2-7H2,1H3. The van der Waals surface area contributed by atoms with Gasteiger partial charge in [0.2, 0.25) is 0 Å². The molecule has 0 aromatic heterocycles. The fourth-order valence-corrected chi connectivity index (χ4v) is 2.44. The molecular weight excluding hydrogens is 120 g/mol. The minimum Gasteiger partial charge on any atom is -0.0704 e. The summed E-state index contributed by atoms with van der Waals surface area (Å²) in [6, 6.07) is 0. The van der Waals surface area contributed by atoms with Gasteiger partial charge in [0.1, 0.15) is 0 Å². The van der Waals surface area contributed by atoms with Crippen molar-refractivity contribution >= 4 is 0 Å². The molecule has 2 aliphatic carbocycles. The highest BCUT2D eigenvalue weighted by Crippen LogP contribution is 2.45. The zero-order valence-corrected chi connectivity index (χ0v) is 6.82.